The molecule has 0 atom stereocenters. The number of benzene rings is 1. The summed E-state index contributed by atoms with van der Waals surface area (Å²) in [4.78, 5) is 14.0. The standard InChI is InChI=1S/C16H23FN2O3S/c1-2-11-23(21,22)19-8-4-7-18(9-10-19)16(20)13-14-5-3-6-15(17)12-14/h3,5-6,12H,2,4,7-11,13H2,1H3. The molecule has 0 saturated carbocycles. The summed E-state index contributed by atoms with van der Waals surface area (Å²) in [5.74, 6) is -0.308. The third kappa shape index (κ3) is 5.00. The lowest BCUT2D eigenvalue weighted by Gasteiger charge is -2.22. The van der Waals surface area contributed by atoms with Crippen molar-refractivity contribution in [3.63, 3.8) is 0 Å². The third-order valence-corrected chi connectivity index (χ3v) is 5.98. The number of carbonyl (C=O) groups is 1. The highest BCUT2D eigenvalue weighted by molar-refractivity contribution is 7.89. The maximum atomic E-state index is 13.2. The average Bonchev–Trinajstić information content (AvgIpc) is 2.73. The van der Waals surface area contributed by atoms with Gasteiger partial charge in [0.2, 0.25) is 15.9 Å². The smallest absolute Gasteiger partial charge is 0.227 e. The van der Waals surface area contributed by atoms with Gasteiger partial charge in [-0.25, -0.2) is 17.1 Å². The summed E-state index contributed by atoms with van der Waals surface area (Å²) in [7, 11) is -3.22. The number of amides is 1. The van der Waals surface area contributed by atoms with Gasteiger partial charge in [0.05, 0.1) is 12.2 Å². The van der Waals surface area contributed by atoms with Gasteiger partial charge in [0.1, 0.15) is 5.82 Å². The largest absolute Gasteiger partial charge is 0.341 e. The van der Waals surface area contributed by atoms with Crippen molar-refractivity contribution in [1.82, 2.24) is 9.21 Å². The Morgan fingerprint density at radius 2 is 2.00 bits per heavy atom. The summed E-state index contributed by atoms with van der Waals surface area (Å²) in [5.41, 5.74) is 0.634. The Balaban J connectivity index is 1.96. The number of hydrogen-bond donors (Lipinski definition) is 0. The van der Waals surface area contributed by atoms with Crippen molar-refractivity contribution in [2.24, 2.45) is 0 Å². The first-order valence-electron chi connectivity index (χ1n) is 7.92. The number of sulfonamides is 1. The maximum Gasteiger partial charge on any atom is 0.227 e. The SMILES string of the molecule is CCCS(=O)(=O)N1CCCN(C(=O)Cc2cccc(F)c2)CC1. The molecule has 2 rings (SSSR count). The van der Waals surface area contributed by atoms with Crippen LogP contribution in [0.5, 0.6) is 0 Å². The van der Waals surface area contributed by atoms with E-state index in [4.69, 9.17) is 0 Å². The minimum absolute atomic E-state index is 0.0923. The Morgan fingerprint density at radius 1 is 1.22 bits per heavy atom. The van der Waals surface area contributed by atoms with Crippen molar-refractivity contribution in [3.05, 3.63) is 35.6 Å². The average molecular weight is 342 g/mol. The molecule has 1 saturated heterocycles. The Kier molecular flexibility index (Phi) is 6.12. The minimum Gasteiger partial charge on any atom is -0.341 e. The topological polar surface area (TPSA) is 57.7 Å². The summed E-state index contributed by atoms with van der Waals surface area (Å²) in [5, 5.41) is 0. The van der Waals surface area contributed by atoms with E-state index in [-0.39, 0.29) is 23.9 Å². The van der Waals surface area contributed by atoms with Crippen LogP contribution in [0.15, 0.2) is 24.3 Å². The van der Waals surface area contributed by atoms with Gasteiger partial charge >= 0.3 is 0 Å². The fourth-order valence-corrected chi connectivity index (χ4v) is 4.28. The van der Waals surface area contributed by atoms with Crippen LogP contribution < -0.4 is 0 Å². The van der Waals surface area contributed by atoms with Crippen LogP contribution in [0.1, 0.15) is 25.3 Å². The van der Waals surface area contributed by atoms with Gasteiger partial charge in [-0.2, -0.15) is 0 Å². The van der Waals surface area contributed by atoms with Gasteiger partial charge in [-0.15, -0.1) is 0 Å². The zero-order valence-corrected chi connectivity index (χ0v) is 14.2. The van der Waals surface area contributed by atoms with Crippen molar-refractivity contribution in [1.29, 1.82) is 0 Å². The molecule has 0 aliphatic carbocycles. The fourth-order valence-electron chi connectivity index (χ4n) is 2.74. The van der Waals surface area contributed by atoms with Crippen LogP contribution in [0.25, 0.3) is 0 Å². The molecule has 1 aliphatic heterocycles. The second-order valence-corrected chi connectivity index (χ2v) is 7.84. The second-order valence-electron chi connectivity index (χ2n) is 5.76. The van der Waals surface area contributed by atoms with Crippen LogP contribution in [0.3, 0.4) is 0 Å². The Morgan fingerprint density at radius 3 is 2.70 bits per heavy atom. The maximum absolute atomic E-state index is 13.2. The quantitative estimate of drug-likeness (QED) is 0.817. The molecule has 0 radical (unpaired) electrons. The van der Waals surface area contributed by atoms with E-state index >= 15 is 0 Å². The van der Waals surface area contributed by atoms with Crippen LogP contribution in [-0.2, 0) is 21.2 Å². The van der Waals surface area contributed by atoms with Gasteiger partial charge in [0, 0.05) is 26.2 Å². The first-order chi connectivity index (χ1) is 10.9. The first-order valence-corrected chi connectivity index (χ1v) is 9.53. The van der Waals surface area contributed by atoms with E-state index in [1.807, 2.05) is 6.92 Å². The minimum atomic E-state index is -3.22. The summed E-state index contributed by atoms with van der Waals surface area (Å²) in [6.07, 6.45) is 1.35. The van der Waals surface area contributed by atoms with Crippen LogP contribution in [0.2, 0.25) is 0 Å². The molecule has 1 aromatic carbocycles. The first kappa shape index (κ1) is 17.9. The highest BCUT2D eigenvalue weighted by Crippen LogP contribution is 2.12. The number of carbonyl (C=O) groups excluding carboxylic acids is 1. The van der Waals surface area contributed by atoms with E-state index in [1.54, 1.807) is 17.0 Å². The molecule has 1 amide bonds. The van der Waals surface area contributed by atoms with Crippen molar-refractivity contribution in [2.45, 2.75) is 26.2 Å². The van der Waals surface area contributed by atoms with E-state index in [0.717, 1.165) is 0 Å². The molecular weight excluding hydrogens is 319 g/mol. The molecule has 23 heavy (non-hydrogen) atoms. The molecule has 0 unspecified atom stereocenters. The van der Waals surface area contributed by atoms with Crippen LogP contribution in [0.4, 0.5) is 4.39 Å². The molecule has 0 spiro atoms. The number of nitrogens with zero attached hydrogens (tertiary/aromatic N) is 2. The Hall–Kier alpha value is -1.47. The van der Waals surface area contributed by atoms with E-state index in [1.165, 1.54) is 16.4 Å². The zero-order chi connectivity index (χ0) is 16.9. The van der Waals surface area contributed by atoms with E-state index in [2.05, 4.69) is 0 Å². The number of halogens is 1. The lowest BCUT2D eigenvalue weighted by Crippen LogP contribution is -2.38. The van der Waals surface area contributed by atoms with Crippen LogP contribution in [0, 0.1) is 5.82 Å². The number of rotatable bonds is 5. The van der Waals surface area contributed by atoms with Crippen LogP contribution >= 0.6 is 0 Å². The van der Waals surface area contributed by atoms with Crippen molar-refractivity contribution >= 4 is 15.9 Å². The molecule has 7 heteroatoms. The van der Waals surface area contributed by atoms with Gasteiger partial charge in [-0.3, -0.25) is 4.79 Å². The van der Waals surface area contributed by atoms with E-state index < -0.39 is 10.0 Å². The van der Waals surface area contributed by atoms with Gasteiger partial charge < -0.3 is 4.90 Å². The van der Waals surface area contributed by atoms with Crippen molar-refractivity contribution in [3.8, 4) is 0 Å². The predicted octanol–water partition coefficient (Wildman–Crippen LogP) is 1.64. The molecular formula is C16H23FN2O3S. The van der Waals surface area contributed by atoms with Crippen molar-refractivity contribution in [2.75, 3.05) is 31.9 Å². The molecule has 1 fully saturated rings. The summed E-state index contributed by atoms with van der Waals surface area (Å²) >= 11 is 0. The van der Waals surface area contributed by atoms with Crippen molar-refractivity contribution < 1.29 is 17.6 Å². The predicted molar refractivity (Wildman–Crippen MR) is 87.0 cm³/mol. The summed E-state index contributed by atoms with van der Waals surface area (Å²) in [6, 6.07) is 6.00. The molecule has 1 aromatic rings. The molecule has 1 heterocycles. The van der Waals surface area contributed by atoms with Gasteiger partial charge in [0.15, 0.2) is 0 Å². The highest BCUT2D eigenvalue weighted by Gasteiger charge is 2.26. The fraction of sp³-hybridized carbons (Fsp3) is 0.562. The Bertz CT molecular complexity index is 648. The molecule has 1 aliphatic rings. The second kappa shape index (κ2) is 7.88. The van der Waals surface area contributed by atoms with E-state index in [9.17, 15) is 17.6 Å². The normalized spacial score (nSPS) is 17.0. The molecule has 0 N–H and O–H groups in total. The zero-order valence-electron chi connectivity index (χ0n) is 13.4. The third-order valence-electron chi connectivity index (χ3n) is 3.91. The molecule has 0 bridgehead atoms. The highest BCUT2D eigenvalue weighted by atomic mass is 32.2. The Labute approximate surface area is 137 Å². The van der Waals surface area contributed by atoms with E-state index in [0.29, 0.717) is 44.6 Å². The lowest BCUT2D eigenvalue weighted by atomic mass is 10.1. The van der Waals surface area contributed by atoms with Crippen LogP contribution in [-0.4, -0.2) is 55.5 Å². The monoisotopic (exact) mass is 342 g/mol. The molecule has 5 nitrogen and oxygen atoms in total. The lowest BCUT2D eigenvalue weighted by molar-refractivity contribution is -0.130. The van der Waals surface area contributed by atoms with Gasteiger partial charge in [-0.1, -0.05) is 19.1 Å². The molecule has 0 aromatic heterocycles. The molecule has 128 valence electrons. The summed E-state index contributed by atoms with van der Waals surface area (Å²) < 4.78 is 38.9. The van der Waals surface area contributed by atoms with Gasteiger partial charge in [0.25, 0.3) is 0 Å². The number of hydrogen-bond acceptors (Lipinski definition) is 3. The summed E-state index contributed by atoms with van der Waals surface area (Å²) in [6.45, 7) is 3.54. The van der Waals surface area contributed by atoms with Gasteiger partial charge in [-0.05, 0) is 30.5 Å².